The van der Waals surface area contributed by atoms with Crippen molar-refractivity contribution in [3.8, 4) is 0 Å². The lowest BCUT2D eigenvalue weighted by Gasteiger charge is -2.19. The van der Waals surface area contributed by atoms with E-state index in [4.69, 9.17) is 0 Å². The molecule has 1 aromatic rings. The van der Waals surface area contributed by atoms with E-state index in [1.165, 1.54) is 4.90 Å². The Labute approximate surface area is 94.5 Å². The Morgan fingerprint density at radius 1 is 1.50 bits per heavy atom. The molecule has 1 N–H and O–H groups in total. The number of pyridine rings is 1. The van der Waals surface area contributed by atoms with Crippen molar-refractivity contribution in [3.63, 3.8) is 0 Å². The second-order valence-electron chi connectivity index (χ2n) is 3.60. The first-order valence-corrected chi connectivity index (χ1v) is 5.32. The predicted octanol–water partition coefficient (Wildman–Crippen LogP) is 2.60. The molecule has 0 unspecified atom stereocenters. The predicted molar refractivity (Wildman–Crippen MR) is 62.3 cm³/mol. The molecule has 5 heteroatoms. The second-order valence-corrected chi connectivity index (χ2v) is 3.60. The van der Waals surface area contributed by atoms with Gasteiger partial charge in [-0.1, -0.05) is 6.92 Å². The van der Waals surface area contributed by atoms with Gasteiger partial charge in [0.1, 0.15) is 5.82 Å². The molecule has 0 aliphatic carbocycles. The van der Waals surface area contributed by atoms with E-state index in [-0.39, 0.29) is 6.54 Å². The molecular formula is C11H17F2N3. The molecule has 0 fully saturated rings. The van der Waals surface area contributed by atoms with Crippen LogP contribution in [0.3, 0.4) is 0 Å². The fraction of sp³-hybridized carbons (Fsp3) is 0.545. The minimum absolute atomic E-state index is 0.267. The van der Waals surface area contributed by atoms with Crippen molar-refractivity contribution >= 4 is 11.5 Å². The Hall–Kier alpha value is -1.39. The summed E-state index contributed by atoms with van der Waals surface area (Å²) in [6, 6.07) is 3.50. The van der Waals surface area contributed by atoms with Crippen molar-refractivity contribution in [1.82, 2.24) is 4.98 Å². The summed E-state index contributed by atoms with van der Waals surface area (Å²) in [6.45, 7) is 2.62. The van der Waals surface area contributed by atoms with Gasteiger partial charge in [-0.15, -0.1) is 0 Å². The van der Waals surface area contributed by atoms with Gasteiger partial charge in [-0.2, -0.15) is 0 Å². The van der Waals surface area contributed by atoms with E-state index >= 15 is 0 Å². The minimum atomic E-state index is -2.33. The van der Waals surface area contributed by atoms with Crippen molar-refractivity contribution in [2.75, 3.05) is 30.4 Å². The highest BCUT2D eigenvalue weighted by Crippen LogP contribution is 2.16. The van der Waals surface area contributed by atoms with Crippen molar-refractivity contribution in [2.24, 2.45) is 0 Å². The lowest BCUT2D eigenvalue weighted by Crippen LogP contribution is -2.24. The maximum absolute atomic E-state index is 12.2. The summed E-state index contributed by atoms with van der Waals surface area (Å²) in [5.41, 5.74) is 0.744. The summed E-state index contributed by atoms with van der Waals surface area (Å²) in [5.74, 6) is 0.723. The van der Waals surface area contributed by atoms with Crippen LogP contribution in [0.1, 0.15) is 13.3 Å². The first-order valence-electron chi connectivity index (χ1n) is 5.32. The fourth-order valence-corrected chi connectivity index (χ4v) is 1.32. The lowest BCUT2D eigenvalue weighted by molar-refractivity contribution is 0.156. The number of rotatable bonds is 6. The molecule has 1 rings (SSSR count). The number of hydrogen-bond donors (Lipinski definition) is 1. The summed E-state index contributed by atoms with van der Waals surface area (Å²) < 4.78 is 24.4. The third-order valence-corrected chi connectivity index (χ3v) is 2.15. The van der Waals surface area contributed by atoms with Crippen LogP contribution in [0.25, 0.3) is 0 Å². The average molecular weight is 229 g/mol. The van der Waals surface area contributed by atoms with Gasteiger partial charge < -0.3 is 10.2 Å². The van der Waals surface area contributed by atoms with Crippen LogP contribution in [-0.4, -0.2) is 31.5 Å². The number of halogens is 2. The van der Waals surface area contributed by atoms with Gasteiger partial charge in [-0.25, -0.2) is 13.8 Å². The van der Waals surface area contributed by atoms with E-state index < -0.39 is 6.43 Å². The molecule has 16 heavy (non-hydrogen) atoms. The Morgan fingerprint density at radius 2 is 2.25 bits per heavy atom. The monoisotopic (exact) mass is 229 g/mol. The van der Waals surface area contributed by atoms with Crippen molar-refractivity contribution < 1.29 is 8.78 Å². The first kappa shape index (κ1) is 12.7. The summed E-state index contributed by atoms with van der Waals surface area (Å²) in [5, 5.41) is 3.12. The fourth-order valence-electron chi connectivity index (χ4n) is 1.32. The van der Waals surface area contributed by atoms with Gasteiger partial charge in [-0.05, 0) is 12.5 Å². The number of anilines is 2. The molecule has 0 saturated heterocycles. The van der Waals surface area contributed by atoms with E-state index in [0.717, 1.165) is 24.5 Å². The number of nitrogens with zero attached hydrogens (tertiary/aromatic N) is 2. The SMILES string of the molecule is CCCNc1cc(N(C)CC(F)F)ccn1. The molecule has 3 nitrogen and oxygen atoms in total. The summed E-state index contributed by atoms with van der Waals surface area (Å²) >= 11 is 0. The number of nitrogens with one attached hydrogen (secondary N) is 1. The average Bonchev–Trinajstić information content (AvgIpc) is 2.26. The van der Waals surface area contributed by atoms with Crippen molar-refractivity contribution in [2.45, 2.75) is 19.8 Å². The largest absolute Gasteiger partial charge is 0.370 e. The van der Waals surface area contributed by atoms with E-state index in [2.05, 4.69) is 17.2 Å². The minimum Gasteiger partial charge on any atom is -0.370 e. The molecule has 0 spiro atoms. The zero-order valence-corrected chi connectivity index (χ0v) is 9.58. The number of alkyl halides is 2. The lowest BCUT2D eigenvalue weighted by atomic mass is 10.3. The highest BCUT2D eigenvalue weighted by atomic mass is 19.3. The highest BCUT2D eigenvalue weighted by molar-refractivity contribution is 5.53. The maximum atomic E-state index is 12.2. The summed E-state index contributed by atoms with van der Waals surface area (Å²) in [6.07, 6.45) is 0.291. The molecule has 0 amide bonds. The zero-order valence-electron chi connectivity index (χ0n) is 9.58. The molecule has 0 radical (unpaired) electrons. The maximum Gasteiger partial charge on any atom is 0.255 e. The van der Waals surface area contributed by atoms with Crippen LogP contribution in [0.2, 0.25) is 0 Å². The topological polar surface area (TPSA) is 28.2 Å². The number of hydrogen-bond acceptors (Lipinski definition) is 3. The van der Waals surface area contributed by atoms with Gasteiger partial charge >= 0.3 is 0 Å². The molecule has 1 aromatic heterocycles. The Morgan fingerprint density at radius 3 is 2.88 bits per heavy atom. The van der Waals surface area contributed by atoms with Crippen LogP contribution in [-0.2, 0) is 0 Å². The highest BCUT2D eigenvalue weighted by Gasteiger charge is 2.08. The summed E-state index contributed by atoms with van der Waals surface area (Å²) in [4.78, 5) is 5.63. The third kappa shape index (κ3) is 4.00. The normalized spacial score (nSPS) is 10.6. The van der Waals surface area contributed by atoms with Gasteiger partial charge in [0.2, 0.25) is 0 Å². The van der Waals surface area contributed by atoms with Crippen LogP contribution >= 0.6 is 0 Å². The Kier molecular flexibility index (Phi) is 4.95. The zero-order chi connectivity index (χ0) is 12.0. The Balaban J connectivity index is 2.65. The van der Waals surface area contributed by atoms with Crippen LogP contribution in [0.15, 0.2) is 18.3 Å². The molecule has 0 saturated carbocycles. The molecule has 90 valence electrons. The van der Waals surface area contributed by atoms with E-state index in [0.29, 0.717) is 0 Å². The van der Waals surface area contributed by atoms with Gasteiger partial charge in [0, 0.05) is 31.5 Å². The van der Waals surface area contributed by atoms with Crippen LogP contribution in [0.5, 0.6) is 0 Å². The first-order chi connectivity index (χ1) is 7.63. The van der Waals surface area contributed by atoms with Crippen molar-refractivity contribution in [1.29, 1.82) is 0 Å². The second kappa shape index (κ2) is 6.25. The van der Waals surface area contributed by atoms with Crippen LogP contribution in [0.4, 0.5) is 20.3 Å². The molecule has 0 bridgehead atoms. The standard InChI is InChI=1S/C11H17F2N3/c1-3-5-14-11-7-9(4-6-15-11)16(2)8-10(12)13/h4,6-7,10H,3,5,8H2,1-2H3,(H,14,15). The van der Waals surface area contributed by atoms with Crippen molar-refractivity contribution in [3.05, 3.63) is 18.3 Å². The molecule has 0 atom stereocenters. The smallest absolute Gasteiger partial charge is 0.255 e. The molecule has 0 aliphatic heterocycles. The summed E-state index contributed by atoms with van der Waals surface area (Å²) in [7, 11) is 1.64. The molecule has 0 aromatic carbocycles. The molecule has 0 aliphatic rings. The molecule has 1 heterocycles. The third-order valence-electron chi connectivity index (χ3n) is 2.15. The quantitative estimate of drug-likeness (QED) is 0.812. The van der Waals surface area contributed by atoms with E-state index in [1.54, 1.807) is 25.4 Å². The molecular weight excluding hydrogens is 212 g/mol. The number of aromatic nitrogens is 1. The van der Waals surface area contributed by atoms with Gasteiger partial charge in [0.25, 0.3) is 6.43 Å². The van der Waals surface area contributed by atoms with E-state index in [1.807, 2.05) is 0 Å². The van der Waals surface area contributed by atoms with Gasteiger partial charge in [0.05, 0.1) is 6.54 Å². The van der Waals surface area contributed by atoms with Crippen LogP contribution < -0.4 is 10.2 Å². The van der Waals surface area contributed by atoms with Crippen LogP contribution in [0, 0.1) is 0 Å². The van der Waals surface area contributed by atoms with E-state index in [9.17, 15) is 8.78 Å². The Bertz CT molecular complexity index is 318. The van der Waals surface area contributed by atoms with Gasteiger partial charge in [0.15, 0.2) is 0 Å². The van der Waals surface area contributed by atoms with Gasteiger partial charge in [-0.3, -0.25) is 0 Å².